The van der Waals surface area contributed by atoms with Crippen molar-refractivity contribution in [2.24, 2.45) is 0 Å². The smallest absolute Gasteiger partial charge is 0.231 e. The van der Waals surface area contributed by atoms with Crippen LogP contribution < -0.4 is 20.5 Å². The highest BCUT2D eigenvalue weighted by molar-refractivity contribution is 5.77. The van der Waals surface area contributed by atoms with Crippen LogP contribution in [-0.2, 0) is 0 Å². The molecule has 1 aromatic heterocycles. The van der Waals surface area contributed by atoms with Crippen LogP contribution in [0.5, 0.6) is 23.1 Å². The van der Waals surface area contributed by atoms with Gasteiger partial charge in [0.1, 0.15) is 29.4 Å². The molecule has 1 aliphatic heterocycles. The molecule has 2 aromatic carbocycles. The number of anilines is 1. The van der Waals surface area contributed by atoms with Crippen LogP contribution in [0.2, 0.25) is 0 Å². The van der Waals surface area contributed by atoms with E-state index in [0.717, 1.165) is 42.1 Å². The molecule has 1 aliphatic rings. The minimum atomic E-state index is 0.428. The van der Waals surface area contributed by atoms with Gasteiger partial charge in [0.25, 0.3) is 0 Å². The van der Waals surface area contributed by atoms with Crippen molar-refractivity contribution in [2.45, 2.75) is 6.42 Å². The van der Waals surface area contributed by atoms with Crippen molar-refractivity contribution in [3.05, 3.63) is 72.6 Å². The van der Waals surface area contributed by atoms with Crippen molar-refractivity contribution in [1.82, 2.24) is 15.3 Å². The molecule has 0 bridgehead atoms. The van der Waals surface area contributed by atoms with E-state index in [1.165, 1.54) is 6.33 Å². The lowest BCUT2D eigenvalue weighted by molar-refractivity contribution is 0.454. The van der Waals surface area contributed by atoms with E-state index in [0.29, 0.717) is 17.4 Å². The number of benzene rings is 2. The van der Waals surface area contributed by atoms with Gasteiger partial charge in [0.2, 0.25) is 5.88 Å². The maximum absolute atomic E-state index is 6.10. The molecule has 0 spiro atoms. The van der Waals surface area contributed by atoms with Gasteiger partial charge in [-0.05, 0) is 54.9 Å². The van der Waals surface area contributed by atoms with Crippen LogP contribution in [0.25, 0.3) is 5.57 Å². The Morgan fingerprint density at radius 3 is 2.26 bits per heavy atom. The van der Waals surface area contributed by atoms with Gasteiger partial charge in [0, 0.05) is 6.54 Å². The van der Waals surface area contributed by atoms with Gasteiger partial charge in [0.15, 0.2) is 0 Å². The molecule has 0 radical (unpaired) electrons. The van der Waals surface area contributed by atoms with E-state index < -0.39 is 0 Å². The number of rotatable bonds is 5. The summed E-state index contributed by atoms with van der Waals surface area (Å²) in [5.74, 6) is 3.07. The van der Waals surface area contributed by atoms with E-state index in [9.17, 15) is 0 Å². The van der Waals surface area contributed by atoms with Crippen LogP contribution >= 0.6 is 0 Å². The minimum absolute atomic E-state index is 0.428. The molecule has 3 N–H and O–H groups in total. The summed E-state index contributed by atoms with van der Waals surface area (Å²) < 4.78 is 11.8. The molecule has 6 nitrogen and oxygen atoms in total. The first-order valence-corrected chi connectivity index (χ1v) is 8.81. The average Bonchev–Trinajstić information content (AvgIpc) is 2.71. The second-order valence-electron chi connectivity index (χ2n) is 6.11. The van der Waals surface area contributed by atoms with Crippen molar-refractivity contribution in [1.29, 1.82) is 0 Å². The van der Waals surface area contributed by atoms with Gasteiger partial charge in [-0.2, -0.15) is 0 Å². The third-order valence-corrected chi connectivity index (χ3v) is 4.24. The molecule has 136 valence electrons. The average molecular weight is 360 g/mol. The van der Waals surface area contributed by atoms with E-state index in [2.05, 4.69) is 21.4 Å². The predicted molar refractivity (Wildman–Crippen MR) is 105 cm³/mol. The SMILES string of the molecule is Nc1ncnc(Oc2ccc(Oc3ccccc3)cc2)c1C1=CCNCC1. The Morgan fingerprint density at radius 1 is 0.852 bits per heavy atom. The minimum Gasteiger partial charge on any atom is -0.457 e. The Kier molecular flexibility index (Phi) is 4.98. The van der Waals surface area contributed by atoms with E-state index in [1.807, 2.05) is 54.6 Å². The largest absolute Gasteiger partial charge is 0.457 e. The normalized spacial score (nSPS) is 13.7. The summed E-state index contributed by atoms with van der Waals surface area (Å²) >= 11 is 0. The molecule has 0 fully saturated rings. The zero-order chi connectivity index (χ0) is 18.5. The van der Waals surface area contributed by atoms with Crippen LogP contribution in [0.1, 0.15) is 12.0 Å². The van der Waals surface area contributed by atoms with Gasteiger partial charge in [-0.3, -0.25) is 0 Å². The molecular formula is C21H20N4O2. The third kappa shape index (κ3) is 4.07. The highest BCUT2D eigenvalue weighted by atomic mass is 16.5. The number of nitrogen functional groups attached to an aromatic ring is 1. The second-order valence-corrected chi connectivity index (χ2v) is 6.11. The number of aromatic nitrogens is 2. The number of nitrogens with two attached hydrogens (primary N) is 1. The lowest BCUT2D eigenvalue weighted by Crippen LogP contribution is -2.20. The molecule has 3 aromatic rings. The van der Waals surface area contributed by atoms with Crippen LogP contribution in [0, 0.1) is 0 Å². The summed E-state index contributed by atoms with van der Waals surface area (Å²) in [5.41, 5.74) is 7.97. The standard InChI is InChI=1S/C21H20N4O2/c22-20-19(15-10-12-23-13-11-15)21(25-14-24-20)27-18-8-6-17(7-9-18)26-16-4-2-1-3-5-16/h1-10,14,23H,11-13H2,(H2,22,24,25). The highest BCUT2D eigenvalue weighted by Gasteiger charge is 2.17. The Morgan fingerprint density at radius 2 is 1.56 bits per heavy atom. The predicted octanol–water partition coefficient (Wildman–Crippen LogP) is 4.02. The Labute approximate surface area is 157 Å². The van der Waals surface area contributed by atoms with Gasteiger partial charge in [0.05, 0.1) is 5.56 Å². The fourth-order valence-electron chi connectivity index (χ4n) is 2.92. The maximum Gasteiger partial charge on any atom is 0.231 e. The van der Waals surface area contributed by atoms with Gasteiger partial charge in [-0.1, -0.05) is 24.3 Å². The summed E-state index contributed by atoms with van der Waals surface area (Å²) in [4.78, 5) is 8.42. The van der Waals surface area contributed by atoms with E-state index in [-0.39, 0.29) is 0 Å². The fraction of sp³-hybridized carbons (Fsp3) is 0.143. The monoisotopic (exact) mass is 360 g/mol. The first-order valence-electron chi connectivity index (χ1n) is 8.81. The highest BCUT2D eigenvalue weighted by Crippen LogP contribution is 2.34. The van der Waals surface area contributed by atoms with Crippen molar-refractivity contribution < 1.29 is 9.47 Å². The van der Waals surface area contributed by atoms with Crippen molar-refractivity contribution >= 4 is 11.4 Å². The zero-order valence-electron chi connectivity index (χ0n) is 14.8. The van der Waals surface area contributed by atoms with Crippen molar-refractivity contribution in [3.63, 3.8) is 0 Å². The van der Waals surface area contributed by atoms with Crippen LogP contribution in [0.4, 0.5) is 5.82 Å². The summed E-state index contributed by atoms with van der Waals surface area (Å²) in [5, 5.41) is 3.29. The molecule has 4 rings (SSSR count). The molecule has 0 atom stereocenters. The Bertz CT molecular complexity index is 940. The third-order valence-electron chi connectivity index (χ3n) is 4.24. The first-order chi connectivity index (χ1) is 13.3. The van der Waals surface area contributed by atoms with Crippen LogP contribution in [-0.4, -0.2) is 23.1 Å². The zero-order valence-corrected chi connectivity index (χ0v) is 14.8. The summed E-state index contributed by atoms with van der Waals surface area (Å²) in [6.45, 7) is 1.69. The van der Waals surface area contributed by atoms with Crippen molar-refractivity contribution in [3.8, 4) is 23.1 Å². The molecular weight excluding hydrogens is 340 g/mol. The quantitative estimate of drug-likeness (QED) is 0.715. The van der Waals surface area contributed by atoms with E-state index >= 15 is 0 Å². The maximum atomic E-state index is 6.10. The van der Waals surface area contributed by atoms with Gasteiger partial charge in [-0.15, -0.1) is 0 Å². The number of hydrogen-bond acceptors (Lipinski definition) is 6. The number of para-hydroxylation sites is 1. The van der Waals surface area contributed by atoms with Crippen LogP contribution in [0.3, 0.4) is 0 Å². The molecule has 6 heteroatoms. The lowest BCUT2D eigenvalue weighted by atomic mass is 10.0. The molecule has 0 saturated carbocycles. The molecule has 27 heavy (non-hydrogen) atoms. The van der Waals surface area contributed by atoms with Gasteiger partial charge >= 0.3 is 0 Å². The topological polar surface area (TPSA) is 82.3 Å². The molecule has 0 saturated heterocycles. The molecule has 0 amide bonds. The number of hydrogen-bond donors (Lipinski definition) is 2. The number of nitrogens with zero attached hydrogens (tertiary/aromatic N) is 2. The summed E-state index contributed by atoms with van der Waals surface area (Å²) in [6.07, 6.45) is 4.38. The first kappa shape index (κ1) is 17.1. The van der Waals surface area contributed by atoms with E-state index in [1.54, 1.807) is 0 Å². The summed E-state index contributed by atoms with van der Waals surface area (Å²) in [7, 11) is 0. The van der Waals surface area contributed by atoms with Crippen molar-refractivity contribution in [2.75, 3.05) is 18.8 Å². The number of ether oxygens (including phenoxy) is 2. The van der Waals surface area contributed by atoms with Crippen LogP contribution in [0.15, 0.2) is 67.0 Å². The number of nitrogens with one attached hydrogen (secondary N) is 1. The Hall–Kier alpha value is -3.38. The Balaban J connectivity index is 1.54. The second kappa shape index (κ2) is 7.88. The molecule has 2 heterocycles. The summed E-state index contributed by atoms with van der Waals surface area (Å²) in [6, 6.07) is 17.0. The fourth-order valence-corrected chi connectivity index (χ4v) is 2.92. The lowest BCUT2D eigenvalue weighted by Gasteiger charge is -2.18. The van der Waals surface area contributed by atoms with E-state index in [4.69, 9.17) is 15.2 Å². The van der Waals surface area contributed by atoms with Gasteiger partial charge in [-0.25, -0.2) is 9.97 Å². The molecule has 0 unspecified atom stereocenters. The molecule has 0 aliphatic carbocycles. The van der Waals surface area contributed by atoms with Gasteiger partial charge < -0.3 is 20.5 Å².